The summed E-state index contributed by atoms with van der Waals surface area (Å²) in [6.45, 7) is 5.49. The molecule has 0 aliphatic carbocycles. The van der Waals surface area contributed by atoms with Gasteiger partial charge in [0.2, 0.25) is 5.91 Å². The molecule has 2 amide bonds. The molecule has 3 rings (SSSR count). The van der Waals surface area contributed by atoms with E-state index in [4.69, 9.17) is 0 Å². The fourth-order valence-corrected chi connectivity index (χ4v) is 3.44. The van der Waals surface area contributed by atoms with Gasteiger partial charge in [-0.15, -0.1) is 11.3 Å². The van der Waals surface area contributed by atoms with Gasteiger partial charge < -0.3 is 5.11 Å². The molecule has 0 spiro atoms. The standard InChI is InChI=1S/C21H20N4O3S/c1-13-7-8-18(9-14(13)2)25(15(3)26)21-23-17(12-29-21)11-22-24-20(28)16-5-4-6-19(27)10-16/h4-12,27H,1-3H3,(H,24,28)/b22-11-. The number of aromatic nitrogens is 1. The maximum Gasteiger partial charge on any atom is 0.271 e. The first-order chi connectivity index (χ1) is 13.8. The average molecular weight is 408 g/mol. The van der Waals surface area contributed by atoms with Crippen LogP contribution in [-0.2, 0) is 4.79 Å². The molecular formula is C21H20N4O3S. The van der Waals surface area contributed by atoms with E-state index in [2.05, 4.69) is 15.5 Å². The van der Waals surface area contributed by atoms with Gasteiger partial charge in [-0.1, -0.05) is 12.1 Å². The number of aromatic hydroxyl groups is 1. The number of aryl methyl sites for hydroxylation is 2. The van der Waals surface area contributed by atoms with Gasteiger partial charge in [-0.3, -0.25) is 14.5 Å². The minimum atomic E-state index is -0.451. The van der Waals surface area contributed by atoms with Crippen LogP contribution in [0.4, 0.5) is 10.8 Å². The summed E-state index contributed by atoms with van der Waals surface area (Å²) >= 11 is 1.31. The molecule has 29 heavy (non-hydrogen) atoms. The number of thiazole rings is 1. The van der Waals surface area contributed by atoms with Crippen LogP contribution in [0.15, 0.2) is 52.9 Å². The number of benzene rings is 2. The predicted octanol–water partition coefficient (Wildman–Crippen LogP) is 3.91. The topological polar surface area (TPSA) is 94.9 Å². The second-order valence-corrected chi connectivity index (χ2v) is 7.26. The zero-order chi connectivity index (χ0) is 21.0. The second kappa shape index (κ2) is 8.66. The van der Waals surface area contributed by atoms with Crippen molar-refractivity contribution in [3.8, 4) is 5.75 Å². The third-order valence-corrected chi connectivity index (χ3v) is 5.08. The zero-order valence-corrected chi connectivity index (χ0v) is 17.0. The lowest BCUT2D eigenvalue weighted by atomic mass is 10.1. The highest BCUT2D eigenvalue weighted by molar-refractivity contribution is 7.14. The molecule has 2 N–H and O–H groups in total. The first-order valence-corrected chi connectivity index (χ1v) is 9.69. The number of hydrogen-bond acceptors (Lipinski definition) is 6. The third kappa shape index (κ3) is 4.85. The van der Waals surface area contributed by atoms with E-state index >= 15 is 0 Å². The van der Waals surface area contributed by atoms with Crippen LogP contribution in [0, 0.1) is 13.8 Å². The number of carbonyl (C=O) groups excluding carboxylic acids is 2. The Kier molecular flexibility index (Phi) is 6.04. The maximum absolute atomic E-state index is 12.2. The van der Waals surface area contributed by atoms with Crippen LogP contribution in [0.1, 0.15) is 34.1 Å². The van der Waals surface area contributed by atoms with Crippen LogP contribution < -0.4 is 10.3 Å². The molecule has 0 fully saturated rings. The lowest BCUT2D eigenvalue weighted by molar-refractivity contribution is -0.115. The smallest absolute Gasteiger partial charge is 0.271 e. The Morgan fingerprint density at radius 3 is 2.66 bits per heavy atom. The molecule has 1 aromatic heterocycles. The first kappa shape index (κ1) is 20.2. The van der Waals surface area contributed by atoms with Crippen molar-refractivity contribution in [1.82, 2.24) is 10.4 Å². The van der Waals surface area contributed by atoms with E-state index in [1.165, 1.54) is 36.6 Å². The number of amides is 2. The van der Waals surface area contributed by atoms with Crippen LogP contribution in [0.2, 0.25) is 0 Å². The quantitative estimate of drug-likeness (QED) is 0.494. The Labute approximate surface area is 172 Å². The highest BCUT2D eigenvalue weighted by atomic mass is 32.1. The predicted molar refractivity (Wildman–Crippen MR) is 114 cm³/mol. The van der Waals surface area contributed by atoms with Gasteiger partial charge in [0.1, 0.15) is 5.75 Å². The van der Waals surface area contributed by atoms with E-state index in [9.17, 15) is 14.7 Å². The first-order valence-electron chi connectivity index (χ1n) is 8.81. The fraction of sp³-hybridized carbons (Fsp3) is 0.143. The van der Waals surface area contributed by atoms with Crippen LogP contribution in [-0.4, -0.2) is 28.1 Å². The number of hydrogen-bond donors (Lipinski definition) is 2. The molecule has 8 heteroatoms. The minimum absolute atomic E-state index is 0.00133. The number of phenolic OH excluding ortho intramolecular Hbond substituents is 1. The molecule has 0 bridgehead atoms. The van der Waals surface area contributed by atoms with Crippen LogP contribution in [0.25, 0.3) is 0 Å². The third-order valence-electron chi connectivity index (χ3n) is 4.24. The van der Waals surface area contributed by atoms with Crippen molar-refractivity contribution >= 4 is 40.2 Å². The Hall–Kier alpha value is -3.52. The summed E-state index contributed by atoms with van der Waals surface area (Å²) in [4.78, 5) is 30.2. The summed E-state index contributed by atoms with van der Waals surface area (Å²) in [7, 11) is 0. The lowest BCUT2D eigenvalue weighted by Gasteiger charge is -2.19. The highest BCUT2D eigenvalue weighted by Gasteiger charge is 2.18. The molecule has 0 saturated carbocycles. The van der Waals surface area contributed by atoms with Crippen molar-refractivity contribution in [1.29, 1.82) is 0 Å². The van der Waals surface area contributed by atoms with E-state index in [-0.39, 0.29) is 11.7 Å². The normalized spacial score (nSPS) is 10.9. The summed E-state index contributed by atoms with van der Waals surface area (Å²) in [5.74, 6) is -0.599. The fourth-order valence-electron chi connectivity index (χ4n) is 2.60. The summed E-state index contributed by atoms with van der Waals surface area (Å²) in [5, 5.41) is 15.6. The van der Waals surface area contributed by atoms with Crippen molar-refractivity contribution in [2.45, 2.75) is 20.8 Å². The Bertz CT molecular complexity index is 1090. The number of rotatable bonds is 5. The summed E-state index contributed by atoms with van der Waals surface area (Å²) in [6, 6.07) is 11.8. The molecule has 0 aliphatic rings. The van der Waals surface area contributed by atoms with E-state index in [0.717, 1.165) is 16.8 Å². The van der Waals surface area contributed by atoms with Crippen molar-refractivity contribution in [3.05, 3.63) is 70.2 Å². The van der Waals surface area contributed by atoms with Gasteiger partial charge in [0.25, 0.3) is 5.91 Å². The van der Waals surface area contributed by atoms with Crippen LogP contribution in [0.5, 0.6) is 5.75 Å². The Morgan fingerprint density at radius 2 is 1.97 bits per heavy atom. The van der Waals surface area contributed by atoms with Gasteiger partial charge in [0.15, 0.2) is 5.13 Å². The Morgan fingerprint density at radius 1 is 1.17 bits per heavy atom. The molecule has 0 saturated heterocycles. The molecular weight excluding hydrogens is 388 g/mol. The molecule has 1 heterocycles. The number of phenols is 1. The van der Waals surface area contributed by atoms with Crippen molar-refractivity contribution in [2.24, 2.45) is 5.10 Å². The van der Waals surface area contributed by atoms with Crippen molar-refractivity contribution < 1.29 is 14.7 Å². The van der Waals surface area contributed by atoms with E-state index < -0.39 is 5.91 Å². The largest absolute Gasteiger partial charge is 0.508 e. The van der Waals surface area contributed by atoms with Crippen LogP contribution >= 0.6 is 11.3 Å². The summed E-state index contributed by atoms with van der Waals surface area (Å²) in [5.41, 5.74) is 6.16. The number of hydrazone groups is 1. The van der Waals surface area contributed by atoms with E-state index in [0.29, 0.717) is 16.4 Å². The molecule has 0 radical (unpaired) electrons. The molecule has 2 aromatic carbocycles. The lowest BCUT2D eigenvalue weighted by Crippen LogP contribution is -2.22. The van der Waals surface area contributed by atoms with Gasteiger partial charge >= 0.3 is 0 Å². The summed E-state index contributed by atoms with van der Waals surface area (Å²) < 4.78 is 0. The number of carbonyl (C=O) groups is 2. The van der Waals surface area contributed by atoms with Crippen molar-refractivity contribution in [3.63, 3.8) is 0 Å². The number of anilines is 2. The zero-order valence-electron chi connectivity index (χ0n) is 16.2. The van der Waals surface area contributed by atoms with Crippen molar-refractivity contribution in [2.75, 3.05) is 4.90 Å². The number of nitrogens with zero attached hydrogens (tertiary/aromatic N) is 3. The maximum atomic E-state index is 12.2. The van der Waals surface area contributed by atoms with E-state index in [1.54, 1.807) is 22.4 Å². The Balaban J connectivity index is 1.74. The van der Waals surface area contributed by atoms with Crippen LogP contribution in [0.3, 0.4) is 0 Å². The van der Waals surface area contributed by atoms with Gasteiger partial charge in [0.05, 0.1) is 17.6 Å². The molecule has 0 atom stereocenters. The van der Waals surface area contributed by atoms with Gasteiger partial charge in [-0.05, 0) is 55.3 Å². The SMILES string of the molecule is CC(=O)N(c1ccc(C)c(C)c1)c1nc(/C=N\NC(=O)c2cccc(O)c2)cs1. The monoisotopic (exact) mass is 408 g/mol. The molecule has 0 unspecified atom stereocenters. The van der Waals surface area contributed by atoms with E-state index in [1.807, 2.05) is 32.0 Å². The van der Waals surface area contributed by atoms with Gasteiger partial charge in [-0.25, -0.2) is 10.4 Å². The van der Waals surface area contributed by atoms with Gasteiger partial charge in [0, 0.05) is 17.9 Å². The average Bonchev–Trinajstić information content (AvgIpc) is 3.12. The molecule has 3 aromatic rings. The number of nitrogens with one attached hydrogen (secondary N) is 1. The summed E-state index contributed by atoms with van der Waals surface area (Å²) in [6.07, 6.45) is 1.40. The second-order valence-electron chi connectivity index (χ2n) is 6.43. The highest BCUT2D eigenvalue weighted by Crippen LogP contribution is 2.29. The van der Waals surface area contributed by atoms with Gasteiger partial charge in [-0.2, -0.15) is 5.10 Å². The molecule has 7 nitrogen and oxygen atoms in total. The molecule has 148 valence electrons. The molecule has 0 aliphatic heterocycles. The minimum Gasteiger partial charge on any atom is -0.508 e.